The van der Waals surface area contributed by atoms with Crippen LogP contribution < -0.4 is 5.32 Å². The summed E-state index contributed by atoms with van der Waals surface area (Å²) in [7, 11) is 3.80. The van der Waals surface area contributed by atoms with Crippen molar-refractivity contribution in [3.63, 3.8) is 0 Å². The molecule has 0 heterocycles. The lowest BCUT2D eigenvalue weighted by Crippen LogP contribution is -2.47. The molecule has 0 aliphatic heterocycles. The maximum atomic E-state index is 6.17. The number of halogens is 2. The topological polar surface area (TPSA) is 21.3 Å². The minimum Gasteiger partial charge on any atom is -0.376 e. The fourth-order valence-electron chi connectivity index (χ4n) is 3.53. The van der Waals surface area contributed by atoms with Crippen LogP contribution in [-0.2, 0) is 4.74 Å². The van der Waals surface area contributed by atoms with Gasteiger partial charge in [0, 0.05) is 7.11 Å². The molecule has 1 saturated carbocycles. The molecule has 0 spiro atoms. The fourth-order valence-corrected chi connectivity index (χ4v) is 3.84. The summed E-state index contributed by atoms with van der Waals surface area (Å²) < 4.78 is 5.99. The van der Waals surface area contributed by atoms with Gasteiger partial charge in [0.15, 0.2) is 0 Å². The Balaban J connectivity index is 2.35. The number of ether oxygens (including phenoxy) is 1. The zero-order valence-electron chi connectivity index (χ0n) is 12.4. The highest BCUT2D eigenvalue weighted by molar-refractivity contribution is 6.42. The Hall–Kier alpha value is -0.280. The average molecular weight is 316 g/mol. The van der Waals surface area contributed by atoms with E-state index in [2.05, 4.69) is 12.2 Å². The summed E-state index contributed by atoms with van der Waals surface area (Å²) in [6, 6.07) is 5.98. The van der Waals surface area contributed by atoms with Crippen LogP contribution in [0.2, 0.25) is 10.0 Å². The third-order valence-corrected chi connectivity index (χ3v) is 5.23. The molecule has 3 unspecified atom stereocenters. The van der Waals surface area contributed by atoms with Gasteiger partial charge in [-0.05, 0) is 43.5 Å². The Kier molecular flexibility index (Phi) is 5.36. The summed E-state index contributed by atoms with van der Waals surface area (Å²) in [5, 5.41) is 4.61. The zero-order chi connectivity index (χ0) is 14.8. The molecule has 0 saturated heterocycles. The quantitative estimate of drug-likeness (QED) is 0.857. The third kappa shape index (κ3) is 3.14. The molecule has 2 nitrogen and oxygen atoms in total. The van der Waals surface area contributed by atoms with Gasteiger partial charge in [0.2, 0.25) is 0 Å². The highest BCUT2D eigenvalue weighted by Crippen LogP contribution is 2.43. The molecule has 1 aliphatic rings. The van der Waals surface area contributed by atoms with E-state index in [1.54, 1.807) is 0 Å². The van der Waals surface area contributed by atoms with Crippen LogP contribution in [0.4, 0.5) is 0 Å². The minimum absolute atomic E-state index is 0.130. The van der Waals surface area contributed by atoms with Crippen molar-refractivity contribution in [2.45, 2.75) is 44.2 Å². The van der Waals surface area contributed by atoms with Crippen LogP contribution in [0.5, 0.6) is 0 Å². The van der Waals surface area contributed by atoms with Crippen LogP contribution in [0.25, 0.3) is 0 Å². The lowest BCUT2D eigenvalue weighted by atomic mass is 9.73. The molecule has 3 atom stereocenters. The highest BCUT2D eigenvalue weighted by atomic mass is 35.5. The molecule has 20 heavy (non-hydrogen) atoms. The van der Waals surface area contributed by atoms with E-state index in [0.29, 0.717) is 16.0 Å². The van der Waals surface area contributed by atoms with E-state index in [1.165, 1.54) is 12.8 Å². The molecule has 0 amide bonds. The van der Waals surface area contributed by atoms with E-state index in [9.17, 15) is 0 Å². The number of nitrogens with one attached hydrogen (secondary N) is 1. The first kappa shape index (κ1) is 16.1. The molecule has 1 aromatic carbocycles. The molecular formula is C16H23Cl2NO. The number of likely N-dealkylation sites (N-methyl/N-ethyl adjacent to an activating group) is 1. The van der Waals surface area contributed by atoms with E-state index < -0.39 is 0 Å². The Bertz CT molecular complexity index is 466. The monoisotopic (exact) mass is 315 g/mol. The lowest BCUT2D eigenvalue weighted by Gasteiger charge is -2.44. The average Bonchev–Trinajstić information content (AvgIpc) is 2.43. The van der Waals surface area contributed by atoms with Gasteiger partial charge in [-0.15, -0.1) is 0 Å². The van der Waals surface area contributed by atoms with Gasteiger partial charge in [0.05, 0.1) is 21.7 Å². The summed E-state index contributed by atoms with van der Waals surface area (Å²) in [5.41, 5.74) is 0.974. The summed E-state index contributed by atoms with van der Waals surface area (Å²) in [6.07, 6.45) is 4.62. The first-order valence-corrected chi connectivity index (χ1v) is 7.95. The number of hydrogen-bond donors (Lipinski definition) is 1. The number of rotatable bonds is 4. The second-order valence-corrected chi connectivity index (χ2v) is 6.68. The van der Waals surface area contributed by atoms with Crippen molar-refractivity contribution >= 4 is 23.2 Å². The largest absolute Gasteiger partial charge is 0.376 e. The van der Waals surface area contributed by atoms with E-state index in [1.807, 2.05) is 32.4 Å². The number of methoxy groups -OCH3 is 1. The van der Waals surface area contributed by atoms with E-state index in [4.69, 9.17) is 27.9 Å². The van der Waals surface area contributed by atoms with E-state index >= 15 is 0 Å². The Morgan fingerprint density at radius 3 is 2.65 bits per heavy atom. The lowest BCUT2D eigenvalue weighted by molar-refractivity contribution is -0.0790. The SMILES string of the molecule is CNC(c1ccc(Cl)c(Cl)c1)C1(OC)CCCC(C)C1. The van der Waals surface area contributed by atoms with Gasteiger partial charge in [-0.25, -0.2) is 0 Å². The van der Waals surface area contributed by atoms with Crippen LogP contribution in [0.1, 0.15) is 44.2 Å². The molecule has 2 rings (SSSR count). The normalized spacial score (nSPS) is 28.4. The van der Waals surface area contributed by atoms with Gasteiger partial charge in [-0.3, -0.25) is 0 Å². The standard InChI is InChI=1S/C16H23Cl2NO/c1-11-5-4-8-16(10-11,20-3)15(19-2)12-6-7-13(17)14(18)9-12/h6-7,9,11,15,19H,4-5,8,10H2,1-3H3. The minimum atomic E-state index is -0.163. The molecule has 0 bridgehead atoms. The molecule has 0 radical (unpaired) electrons. The van der Waals surface area contributed by atoms with Gasteiger partial charge in [0.25, 0.3) is 0 Å². The van der Waals surface area contributed by atoms with Gasteiger partial charge < -0.3 is 10.1 Å². The Morgan fingerprint density at radius 2 is 2.10 bits per heavy atom. The summed E-state index contributed by atoms with van der Waals surface area (Å²) in [4.78, 5) is 0. The Labute approximate surface area is 131 Å². The molecule has 1 aromatic rings. The van der Waals surface area contributed by atoms with Crippen molar-refractivity contribution < 1.29 is 4.74 Å². The van der Waals surface area contributed by atoms with Gasteiger partial charge in [-0.1, -0.05) is 49.0 Å². The second kappa shape index (κ2) is 6.65. The van der Waals surface area contributed by atoms with Crippen molar-refractivity contribution in [2.75, 3.05) is 14.2 Å². The summed E-state index contributed by atoms with van der Waals surface area (Å²) in [6.45, 7) is 2.30. The smallest absolute Gasteiger partial charge is 0.0874 e. The summed E-state index contributed by atoms with van der Waals surface area (Å²) in [5.74, 6) is 0.683. The molecule has 1 aliphatic carbocycles. The second-order valence-electron chi connectivity index (χ2n) is 5.87. The maximum Gasteiger partial charge on any atom is 0.0874 e. The van der Waals surface area contributed by atoms with Crippen molar-refractivity contribution in [3.8, 4) is 0 Å². The van der Waals surface area contributed by atoms with Gasteiger partial charge in [0.1, 0.15) is 0 Å². The number of hydrogen-bond acceptors (Lipinski definition) is 2. The van der Waals surface area contributed by atoms with Crippen LogP contribution in [0.15, 0.2) is 18.2 Å². The van der Waals surface area contributed by atoms with Crippen LogP contribution in [0.3, 0.4) is 0 Å². The highest BCUT2D eigenvalue weighted by Gasteiger charge is 2.42. The summed E-state index contributed by atoms with van der Waals surface area (Å²) >= 11 is 12.2. The fraction of sp³-hybridized carbons (Fsp3) is 0.625. The molecule has 1 fully saturated rings. The van der Waals surface area contributed by atoms with E-state index in [-0.39, 0.29) is 11.6 Å². The van der Waals surface area contributed by atoms with Gasteiger partial charge >= 0.3 is 0 Å². The first-order valence-electron chi connectivity index (χ1n) is 7.20. The first-order chi connectivity index (χ1) is 9.52. The maximum absolute atomic E-state index is 6.17. The van der Waals surface area contributed by atoms with E-state index in [0.717, 1.165) is 18.4 Å². The van der Waals surface area contributed by atoms with Crippen LogP contribution >= 0.6 is 23.2 Å². The van der Waals surface area contributed by atoms with Crippen molar-refractivity contribution in [1.29, 1.82) is 0 Å². The number of benzene rings is 1. The molecule has 0 aromatic heterocycles. The molecule has 1 N–H and O–H groups in total. The third-order valence-electron chi connectivity index (χ3n) is 4.49. The predicted molar refractivity (Wildman–Crippen MR) is 85.6 cm³/mol. The van der Waals surface area contributed by atoms with Gasteiger partial charge in [-0.2, -0.15) is 0 Å². The predicted octanol–water partition coefficient (Wildman–Crippen LogP) is 4.85. The zero-order valence-corrected chi connectivity index (χ0v) is 13.9. The molecular weight excluding hydrogens is 293 g/mol. The van der Waals surface area contributed by atoms with Crippen molar-refractivity contribution in [3.05, 3.63) is 33.8 Å². The van der Waals surface area contributed by atoms with Crippen molar-refractivity contribution in [1.82, 2.24) is 5.32 Å². The Morgan fingerprint density at radius 1 is 1.35 bits per heavy atom. The van der Waals surface area contributed by atoms with Crippen LogP contribution in [0, 0.1) is 5.92 Å². The van der Waals surface area contributed by atoms with Crippen LogP contribution in [-0.4, -0.2) is 19.8 Å². The van der Waals surface area contributed by atoms with Crippen molar-refractivity contribution in [2.24, 2.45) is 5.92 Å². The molecule has 4 heteroatoms. The molecule has 112 valence electrons.